The second-order valence-corrected chi connectivity index (χ2v) is 5.03. The van der Waals surface area contributed by atoms with Crippen LogP contribution in [0, 0.1) is 6.92 Å². The molecule has 1 aromatic carbocycles. The van der Waals surface area contributed by atoms with Crippen LogP contribution in [0.2, 0.25) is 0 Å². The SMILES string of the molecule is CCc1oc(C(=O)NCCOc2cccc(C)c2)cc1C(=O)O. The molecule has 2 N–H and O–H groups in total. The van der Waals surface area contributed by atoms with Crippen molar-refractivity contribution in [3.63, 3.8) is 0 Å². The van der Waals surface area contributed by atoms with E-state index in [1.807, 2.05) is 31.2 Å². The zero-order valence-electron chi connectivity index (χ0n) is 13.1. The molecule has 1 heterocycles. The normalized spacial score (nSPS) is 10.3. The number of carbonyl (C=O) groups excluding carboxylic acids is 1. The van der Waals surface area contributed by atoms with Gasteiger partial charge in [-0.05, 0) is 24.6 Å². The molecule has 122 valence electrons. The van der Waals surface area contributed by atoms with E-state index in [4.69, 9.17) is 14.3 Å². The number of carboxylic acids is 1. The summed E-state index contributed by atoms with van der Waals surface area (Å²) in [4.78, 5) is 23.0. The lowest BCUT2D eigenvalue weighted by molar-refractivity contribution is 0.0694. The smallest absolute Gasteiger partial charge is 0.339 e. The third-order valence-corrected chi connectivity index (χ3v) is 3.23. The van der Waals surface area contributed by atoms with Crippen molar-refractivity contribution < 1.29 is 23.8 Å². The molecule has 0 bridgehead atoms. The number of benzene rings is 1. The highest BCUT2D eigenvalue weighted by Crippen LogP contribution is 2.16. The van der Waals surface area contributed by atoms with Crippen LogP contribution in [0.3, 0.4) is 0 Å². The molecule has 0 spiro atoms. The summed E-state index contributed by atoms with van der Waals surface area (Å²) < 4.78 is 10.8. The topological polar surface area (TPSA) is 88.8 Å². The van der Waals surface area contributed by atoms with Gasteiger partial charge < -0.3 is 19.6 Å². The highest BCUT2D eigenvalue weighted by Gasteiger charge is 2.19. The Morgan fingerprint density at radius 1 is 1.30 bits per heavy atom. The lowest BCUT2D eigenvalue weighted by Gasteiger charge is -2.07. The van der Waals surface area contributed by atoms with Crippen molar-refractivity contribution in [3.8, 4) is 5.75 Å². The van der Waals surface area contributed by atoms with Gasteiger partial charge in [0, 0.05) is 12.5 Å². The number of rotatable bonds is 7. The Morgan fingerprint density at radius 2 is 2.09 bits per heavy atom. The van der Waals surface area contributed by atoms with Crippen LogP contribution in [0.25, 0.3) is 0 Å². The maximum absolute atomic E-state index is 12.0. The average molecular weight is 317 g/mol. The lowest BCUT2D eigenvalue weighted by atomic mass is 10.2. The minimum absolute atomic E-state index is 0.00481. The monoisotopic (exact) mass is 317 g/mol. The molecule has 0 aliphatic carbocycles. The maximum atomic E-state index is 12.0. The van der Waals surface area contributed by atoms with Crippen LogP contribution in [0.4, 0.5) is 0 Å². The van der Waals surface area contributed by atoms with Gasteiger partial charge in [0.1, 0.15) is 23.7 Å². The van der Waals surface area contributed by atoms with E-state index in [2.05, 4.69) is 5.32 Å². The van der Waals surface area contributed by atoms with E-state index >= 15 is 0 Å². The fourth-order valence-electron chi connectivity index (χ4n) is 2.11. The minimum atomic E-state index is -1.10. The molecule has 2 aromatic rings. The maximum Gasteiger partial charge on any atom is 0.339 e. The molecular weight excluding hydrogens is 298 g/mol. The van der Waals surface area contributed by atoms with E-state index in [1.165, 1.54) is 6.07 Å². The molecule has 0 saturated carbocycles. The summed E-state index contributed by atoms with van der Waals surface area (Å²) in [7, 11) is 0. The Hall–Kier alpha value is -2.76. The van der Waals surface area contributed by atoms with E-state index in [1.54, 1.807) is 6.92 Å². The fraction of sp³-hybridized carbons (Fsp3) is 0.294. The molecule has 6 heteroatoms. The van der Waals surface area contributed by atoms with Gasteiger partial charge in [-0.15, -0.1) is 0 Å². The molecule has 0 saturated heterocycles. The minimum Gasteiger partial charge on any atom is -0.492 e. The van der Waals surface area contributed by atoms with Crippen LogP contribution in [0.15, 0.2) is 34.7 Å². The fourth-order valence-corrected chi connectivity index (χ4v) is 2.11. The van der Waals surface area contributed by atoms with Crippen LogP contribution in [-0.4, -0.2) is 30.1 Å². The molecule has 0 aliphatic rings. The molecule has 1 amide bonds. The Morgan fingerprint density at radius 3 is 2.70 bits per heavy atom. The molecule has 0 unspecified atom stereocenters. The average Bonchev–Trinajstić information content (AvgIpc) is 2.96. The predicted molar refractivity (Wildman–Crippen MR) is 84.1 cm³/mol. The molecule has 6 nitrogen and oxygen atoms in total. The van der Waals surface area contributed by atoms with Crippen LogP contribution in [-0.2, 0) is 6.42 Å². The molecule has 23 heavy (non-hydrogen) atoms. The Balaban J connectivity index is 1.86. The Labute approximate surface area is 134 Å². The van der Waals surface area contributed by atoms with Crippen molar-refractivity contribution >= 4 is 11.9 Å². The molecule has 0 radical (unpaired) electrons. The van der Waals surface area contributed by atoms with Gasteiger partial charge in [-0.1, -0.05) is 19.1 Å². The van der Waals surface area contributed by atoms with Crippen LogP contribution in [0.5, 0.6) is 5.75 Å². The van der Waals surface area contributed by atoms with Gasteiger partial charge in [0.15, 0.2) is 5.76 Å². The first kappa shape index (κ1) is 16.6. The van der Waals surface area contributed by atoms with E-state index in [0.29, 0.717) is 18.8 Å². The highest BCUT2D eigenvalue weighted by molar-refractivity contribution is 5.96. The third-order valence-electron chi connectivity index (χ3n) is 3.23. The molecule has 1 aromatic heterocycles. The third kappa shape index (κ3) is 4.35. The Bertz CT molecular complexity index is 705. The van der Waals surface area contributed by atoms with Gasteiger partial charge in [-0.25, -0.2) is 4.79 Å². The first-order valence-electron chi connectivity index (χ1n) is 7.35. The number of amides is 1. The zero-order chi connectivity index (χ0) is 16.8. The van der Waals surface area contributed by atoms with Crippen molar-refractivity contribution in [3.05, 3.63) is 53.0 Å². The van der Waals surface area contributed by atoms with Gasteiger partial charge in [0.2, 0.25) is 0 Å². The number of aryl methyl sites for hydroxylation is 2. The van der Waals surface area contributed by atoms with Crippen molar-refractivity contribution in [1.82, 2.24) is 5.32 Å². The number of nitrogens with one attached hydrogen (secondary N) is 1. The summed E-state index contributed by atoms with van der Waals surface area (Å²) in [6.07, 6.45) is 0.408. The van der Waals surface area contributed by atoms with E-state index < -0.39 is 11.9 Å². The number of carboxylic acid groups (broad SMARTS) is 1. The number of hydrogen-bond donors (Lipinski definition) is 2. The first-order chi connectivity index (χ1) is 11.0. The molecule has 0 aliphatic heterocycles. The summed E-state index contributed by atoms with van der Waals surface area (Å²) in [6.45, 7) is 4.33. The quantitative estimate of drug-likeness (QED) is 0.766. The van der Waals surface area contributed by atoms with Gasteiger partial charge in [-0.2, -0.15) is 0 Å². The van der Waals surface area contributed by atoms with Gasteiger partial charge in [0.25, 0.3) is 5.91 Å². The van der Waals surface area contributed by atoms with Crippen molar-refractivity contribution in [2.45, 2.75) is 20.3 Å². The summed E-state index contributed by atoms with van der Waals surface area (Å²) in [5.41, 5.74) is 1.11. The summed E-state index contributed by atoms with van der Waals surface area (Å²) in [5.74, 6) is -0.542. The van der Waals surface area contributed by atoms with E-state index in [0.717, 1.165) is 11.3 Å². The molecule has 0 atom stereocenters. The van der Waals surface area contributed by atoms with E-state index in [9.17, 15) is 9.59 Å². The summed E-state index contributed by atoms with van der Waals surface area (Å²) >= 11 is 0. The van der Waals surface area contributed by atoms with Crippen molar-refractivity contribution in [2.24, 2.45) is 0 Å². The van der Waals surface area contributed by atoms with Crippen molar-refractivity contribution in [2.75, 3.05) is 13.2 Å². The first-order valence-corrected chi connectivity index (χ1v) is 7.35. The number of aromatic carboxylic acids is 1. The van der Waals surface area contributed by atoms with Crippen LogP contribution >= 0.6 is 0 Å². The summed E-state index contributed by atoms with van der Waals surface area (Å²) in [5, 5.41) is 11.7. The van der Waals surface area contributed by atoms with Crippen molar-refractivity contribution in [1.29, 1.82) is 0 Å². The number of furan rings is 1. The van der Waals surface area contributed by atoms with Gasteiger partial charge in [-0.3, -0.25) is 4.79 Å². The van der Waals surface area contributed by atoms with Crippen LogP contribution in [0.1, 0.15) is 39.2 Å². The lowest BCUT2D eigenvalue weighted by Crippen LogP contribution is -2.27. The Kier molecular flexibility index (Phi) is 5.41. The largest absolute Gasteiger partial charge is 0.492 e. The number of hydrogen-bond acceptors (Lipinski definition) is 4. The second-order valence-electron chi connectivity index (χ2n) is 5.03. The highest BCUT2D eigenvalue weighted by atomic mass is 16.5. The molecular formula is C17H19NO5. The van der Waals surface area contributed by atoms with Crippen LogP contribution < -0.4 is 10.1 Å². The zero-order valence-corrected chi connectivity index (χ0v) is 13.1. The predicted octanol–water partition coefficient (Wildman–Crippen LogP) is 2.66. The second kappa shape index (κ2) is 7.49. The summed E-state index contributed by atoms with van der Waals surface area (Å²) in [6, 6.07) is 8.86. The standard InChI is InChI=1S/C17H19NO5/c1-3-14-13(17(20)21)10-15(23-14)16(19)18-7-8-22-12-6-4-5-11(2)9-12/h4-6,9-10H,3,7-8H2,1-2H3,(H,18,19)(H,20,21). The van der Waals surface area contributed by atoms with E-state index in [-0.39, 0.29) is 17.9 Å². The van der Waals surface area contributed by atoms with Gasteiger partial charge in [0.05, 0.1) is 6.54 Å². The van der Waals surface area contributed by atoms with Gasteiger partial charge >= 0.3 is 5.97 Å². The number of carbonyl (C=O) groups is 2. The number of ether oxygens (including phenoxy) is 1. The molecule has 2 rings (SSSR count). The molecule has 0 fully saturated rings.